The first-order valence-corrected chi connectivity index (χ1v) is 6.20. The number of rotatable bonds is 3. The molecule has 0 radical (unpaired) electrons. The van der Waals surface area contributed by atoms with Gasteiger partial charge in [-0.3, -0.25) is 0 Å². The smallest absolute Gasteiger partial charge is 0.335 e. The first kappa shape index (κ1) is 11.6. The Balaban J connectivity index is 1.73. The number of allylic oxidation sites excluding steroid dienone is 2. The summed E-state index contributed by atoms with van der Waals surface area (Å²) >= 11 is 0. The van der Waals surface area contributed by atoms with Gasteiger partial charge < -0.3 is 9.47 Å². The minimum Gasteiger partial charge on any atom is -0.463 e. The topological polar surface area (TPSA) is 35.5 Å². The van der Waals surface area contributed by atoms with Crippen molar-refractivity contribution in [1.29, 1.82) is 0 Å². The van der Waals surface area contributed by atoms with Crippen LogP contribution in [0.15, 0.2) is 12.2 Å². The van der Waals surface area contributed by atoms with Gasteiger partial charge in [0.05, 0.1) is 6.61 Å². The van der Waals surface area contributed by atoms with Gasteiger partial charge in [-0.2, -0.15) is 0 Å². The van der Waals surface area contributed by atoms with E-state index in [0.29, 0.717) is 25.0 Å². The van der Waals surface area contributed by atoms with Crippen LogP contribution < -0.4 is 0 Å². The highest BCUT2D eigenvalue weighted by Gasteiger charge is 2.27. The van der Waals surface area contributed by atoms with Gasteiger partial charge in [0.25, 0.3) is 0 Å². The van der Waals surface area contributed by atoms with Gasteiger partial charge in [0.1, 0.15) is 0 Å². The molecular formula is C13H20O3. The zero-order valence-corrected chi connectivity index (χ0v) is 9.85. The number of hydrogen-bond acceptors (Lipinski definition) is 3. The van der Waals surface area contributed by atoms with Crippen molar-refractivity contribution in [3.05, 3.63) is 12.2 Å². The summed E-state index contributed by atoms with van der Waals surface area (Å²) in [6, 6.07) is 0. The lowest BCUT2D eigenvalue weighted by atomic mass is 9.85. The first-order chi connectivity index (χ1) is 7.77. The van der Waals surface area contributed by atoms with Crippen molar-refractivity contribution in [2.75, 3.05) is 13.2 Å². The number of esters is 1. The number of carbonyl (C=O) groups excluding carboxylic acids is 1. The maximum Gasteiger partial charge on any atom is 0.335 e. The maximum absolute atomic E-state index is 11.6. The van der Waals surface area contributed by atoms with Gasteiger partial charge in [-0.1, -0.05) is 19.1 Å². The van der Waals surface area contributed by atoms with Gasteiger partial charge in [-0.25, -0.2) is 4.79 Å². The average Bonchev–Trinajstić information content (AvgIpc) is 2.81. The van der Waals surface area contributed by atoms with Gasteiger partial charge in [-0.15, -0.1) is 0 Å². The predicted molar refractivity (Wildman–Crippen MR) is 61.0 cm³/mol. The molecule has 1 saturated heterocycles. The molecule has 1 aliphatic heterocycles. The Morgan fingerprint density at radius 3 is 2.94 bits per heavy atom. The second-order valence-corrected chi connectivity index (χ2v) is 4.81. The molecule has 0 amide bonds. The van der Waals surface area contributed by atoms with Gasteiger partial charge in [0.2, 0.25) is 0 Å². The lowest BCUT2D eigenvalue weighted by Crippen LogP contribution is -2.27. The number of hydrogen-bond donors (Lipinski definition) is 0. The van der Waals surface area contributed by atoms with Crippen molar-refractivity contribution < 1.29 is 14.3 Å². The van der Waals surface area contributed by atoms with E-state index < -0.39 is 0 Å². The summed E-state index contributed by atoms with van der Waals surface area (Å²) in [6.07, 6.45) is 8.02. The summed E-state index contributed by atoms with van der Waals surface area (Å²) in [7, 11) is 0. The van der Waals surface area contributed by atoms with E-state index in [1.807, 2.05) is 0 Å². The molecule has 16 heavy (non-hydrogen) atoms. The average molecular weight is 224 g/mol. The lowest BCUT2D eigenvalue weighted by Gasteiger charge is -2.25. The van der Waals surface area contributed by atoms with E-state index in [9.17, 15) is 4.79 Å². The monoisotopic (exact) mass is 224 g/mol. The van der Waals surface area contributed by atoms with Crippen LogP contribution in [0.3, 0.4) is 0 Å². The highest BCUT2D eigenvalue weighted by atomic mass is 16.6. The van der Waals surface area contributed by atoms with E-state index in [1.54, 1.807) is 0 Å². The fourth-order valence-corrected chi connectivity index (χ4v) is 2.28. The van der Waals surface area contributed by atoms with Gasteiger partial charge in [0, 0.05) is 6.61 Å². The van der Waals surface area contributed by atoms with Crippen molar-refractivity contribution in [1.82, 2.24) is 0 Å². The zero-order chi connectivity index (χ0) is 11.4. The van der Waals surface area contributed by atoms with Crippen LogP contribution in [0.5, 0.6) is 0 Å². The van der Waals surface area contributed by atoms with Crippen molar-refractivity contribution in [3.63, 3.8) is 0 Å². The van der Waals surface area contributed by atoms with Crippen LogP contribution in [0.1, 0.15) is 32.6 Å². The maximum atomic E-state index is 11.6. The Labute approximate surface area is 96.8 Å². The molecule has 0 aromatic rings. The molecule has 2 aliphatic rings. The molecule has 1 fully saturated rings. The van der Waals surface area contributed by atoms with Gasteiger partial charge in [0.15, 0.2) is 6.10 Å². The molecule has 3 atom stereocenters. The van der Waals surface area contributed by atoms with Gasteiger partial charge in [-0.05, 0) is 37.5 Å². The Morgan fingerprint density at radius 1 is 1.44 bits per heavy atom. The Hall–Kier alpha value is -0.830. The summed E-state index contributed by atoms with van der Waals surface area (Å²) in [5.74, 6) is 0.928. The number of carbonyl (C=O) groups is 1. The molecule has 90 valence electrons. The van der Waals surface area contributed by atoms with Crippen molar-refractivity contribution in [3.8, 4) is 0 Å². The predicted octanol–water partition coefficient (Wildman–Crippen LogP) is 2.31. The molecule has 0 bridgehead atoms. The molecule has 0 spiro atoms. The Bertz CT molecular complexity index is 266. The Kier molecular flexibility index (Phi) is 3.99. The molecule has 0 N–H and O–H groups in total. The van der Waals surface area contributed by atoms with Crippen LogP contribution in [0.2, 0.25) is 0 Å². The molecule has 0 aromatic carbocycles. The number of ether oxygens (including phenoxy) is 2. The van der Waals surface area contributed by atoms with Crippen LogP contribution in [-0.2, 0) is 14.3 Å². The molecule has 3 nitrogen and oxygen atoms in total. The quantitative estimate of drug-likeness (QED) is 0.545. The second-order valence-electron chi connectivity index (χ2n) is 4.81. The molecule has 3 unspecified atom stereocenters. The van der Waals surface area contributed by atoms with Crippen molar-refractivity contribution in [2.24, 2.45) is 11.8 Å². The minimum atomic E-state index is -0.297. The van der Waals surface area contributed by atoms with Crippen LogP contribution in [0, 0.1) is 11.8 Å². The zero-order valence-electron chi connectivity index (χ0n) is 9.85. The molecular weight excluding hydrogens is 204 g/mol. The standard InChI is InChI=1S/C13H20O3/c1-10-5-2-3-6-11(10)9-16-13(14)12-7-4-8-15-12/h2-3,10-12H,4-9H2,1H3. The molecule has 1 aliphatic carbocycles. The van der Waals surface area contributed by atoms with E-state index in [2.05, 4.69) is 19.1 Å². The highest BCUT2D eigenvalue weighted by molar-refractivity contribution is 5.74. The summed E-state index contributed by atoms with van der Waals surface area (Å²) in [5, 5.41) is 0. The van der Waals surface area contributed by atoms with Crippen molar-refractivity contribution >= 4 is 5.97 Å². The van der Waals surface area contributed by atoms with Crippen LogP contribution in [0.4, 0.5) is 0 Å². The normalized spacial score (nSPS) is 33.9. The van der Waals surface area contributed by atoms with Crippen LogP contribution >= 0.6 is 0 Å². The van der Waals surface area contributed by atoms with Crippen molar-refractivity contribution in [2.45, 2.75) is 38.7 Å². The van der Waals surface area contributed by atoms with Crippen LogP contribution in [-0.4, -0.2) is 25.3 Å². The molecule has 1 heterocycles. The van der Waals surface area contributed by atoms with Gasteiger partial charge >= 0.3 is 5.97 Å². The summed E-state index contributed by atoms with van der Waals surface area (Å²) < 4.78 is 10.6. The second kappa shape index (κ2) is 5.48. The summed E-state index contributed by atoms with van der Waals surface area (Å²) in [4.78, 5) is 11.6. The molecule has 0 saturated carbocycles. The van der Waals surface area contributed by atoms with E-state index in [4.69, 9.17) is 9.47 Å². The van der Waals surface area contributed by atoms with E-state index in [-0.39, 0.29) is 12.1 Å². The Morgan fingerprint density at radius 2 is 2.25 bits per heavy atom. The largest absolute Gasteiger partial charge is 0.463 e. The third kappa shape index (κ3) is 2.85. The first-order valence-electron chi connectivity index (χ1n) is 6.20. The van der Waals surface area contributed by atoms with Crippen LogP contribution in [0.25, 0.3) is 0 Å². The molecule has 0 aromatic heterocycles. The molecule has 2 rings (SSSR count). The summed E-state index contributed by atoms with van der Waals surface area (Å²) in [5.41, 5.74) is 0. The minimum absolute atomic E-state index is 0.167. The highest BCUT2D eigenvalue weighted by Crippen LogP contribution is 2.25. The lowest BCUT2D eigenvalue weighted by molar-refractivity contribution is -0.156. The molecule has 3 heteroatoms. The third-order valence-corrected chi connectivity index (χ3v) is 3.55. The van der Waals surface area contributed by atoms with E-state index in [0.717, 1.165) is 25.7 Å². The van der Waals surface area contributed by atoms with E-state index in [1.165, 1.54) is 0 Å². The van der Waals surface area contributed by atoms with E-state index >= 15 is 0 Å². The SMILES string of the molecule is CC1CC=CCC1COC(=O)C1CCCO1. The summed E-state index contributed by atoms with van der Waals surface area (Å²) in [6.45, 7) is 3.46. The fraction of sp³-hybridized carbons (Fsp3) is 0.769. The fourth-order valence-electron chi connectivity index (χ4n) is 2.28. The third-order valence-electron chi connectivity index (χ3n) is 3.55.